The van der Waals surface area contributed by atoms with Gasteiger partial charge in [-0.2, -0.15) is 0 Å². The molecule has 6 heteroatoms. The van der Waals surface area contributed by atoms with Crippen molar-refractivity contribution in [1.29, 1.82) is 0 Å². The van der Waals surface area contributed by atoms with Gasteiger partial charge in [-0.3, -0.25) is 10.1 Å². The van der Waals surface area contributed by atoms with Crippen LogP contribution in [0.2, 0.25) is 0 Å². The van der Waals surface area contributed by atoms with E-state index in [1.807, 2.05) is 25.1 Å². The van der Waals surface area contributed by atoms with Gasteiger partial charge in [-0.05, 0) is 46.1 Å². The maximum Gasteiger partial charge on any atom is 0.273 e. The highest BCUT2D eigenvalue weighted by atomic mass is 79.9. The molecule has 0 spiro atoms. The van der Waals surface area contributed by atoms with Crippen molar-refractivity contribution < 1.29 is 9.66 Å². The van der Waals surface area contributed by atoms with Crippen molar-refractivity contribution in [3.8, 4) is 11.5 Å². The van der Waals surface area contributed by atoms with Crippen LogP contribution in [0.1, 0.15) is 11.1 Å². The van der Waals surface area contributed by atoms with Crippen LogP contribution in [-0.4, -0.2) is 4.92 Å². The fourth-order valence-corrected chi connectivity index (χ4v) is 2.08. The van der Waals surface area contributed by atoms with Gasteiger partial charge in [-0.15, -0.1) is 0 Å². The van der Waals surface area contributed by atoms with Crippen molar-refractivity contribution in [2.24, 2.45) is 5.73 Å². The summed E-state index contributed by atoms with van der Waals surface area (Å²) in [5, 5.41) is 10.8. The van der Waals surface area contributed by atoms with Crippen molar-refractivity contribution >= 4 is 21.6 Å². The number of nitrogens with two attached hydrogens (primary N) is 1. The van der Waals surface area contributed by atoms with Gasteiger partial charge in [0.1, 0.15) is 11.5 Å². The molecule has 2 N–H and O–H groups in total. The topological polar surface area (TPSA) is 78.4 Å². The monoisotopic (exact) mass is 336 g/mol. The first-order valence-electron chi connectivity index (χ1n) is 5.92. The Hall–Kier alpha value is -1.92. The molecule has 5 nitrogen and oxygen atoms in total. The van der Waals surface area contributed by atoms with Crippen molar-refractivity contribution in [1.82, 2.24) is 0 Å². The minimum atomic E-state index is -0.455. The van der Waals surface area contributed by atoms with E-state index < -0.39 is 4.92 Å². The van der Waals surface area contributed by atoms with Gasteiger partial charge in [0.2, 0.25) is 0 Å². The van der Waals surface area contributed by atoms with Crippen LogP contribution in [0, 0.1) is 17.0 Å². The lowest BCUT2D eigenvalue weighted by Crippen LogP contribution is -1.97. The molecule has 0 bridgehead atoms. The van der Waals surface area contributed by atoms with Gasteiger partial charge in [0.25, 0.3) is 5.69 Å². The maximum absolute atomic E-state index is 10.8. The number of non-ortho nitro benzene ring substituents is 1. The molecule has 0 aliphatic rings. The van der Waals surface area contributed by atoms with Gasteiger partial charge >= 0.3 is 0 Å². The van der Waals surface area contributed by atoms with Crippen molar-refractivity contribution in [3.63, 3.8) is 0 Å². The number of ether oxygens (including phenoxy) is 1. The number of nitro benzene ring substituents is 1. The third-order valence-electron chi connectivity index (χ3n) is 2.82. The van der Waals surface area contributed by atoms with Crippen LogP contribution in [-0.2, 0) is 6.54 Å². The summed E-state index contributed by atoms with van der Waals surface area (Å²) in [4.78, 5) is 10.3. The lowest BCUT2D eigenvalue weighted by Gasteiger charge is -2.11. The normalized spacial score (nSPS) is 10.3. The molecule has 0 unspecified atom stereocenters. The first-order valence-corrected chi connectivity index (χ1v) is 6.72. The Morgan fingerprint density at radius 2 is 2.00 bits per heavy atom. The fourth-order valence-electron chi connectivity index (χ4n) is 1.76. The van der Waals surface area contributed by atoms with E-state index in [0.29, 0.717) is 22.5 Å². The number of hydrogen-bond acceptors (Lipinski definition) is 4. The molecule has 0 heterocycles. The van der Waals surface area contributed by atoms with E-state index in [0.717, 1.165) is 11.1 Å². The average molecular weight is 337 g/mol. The summed E-state index contributed by atoms with van der Waals surface area (Å²) in [7, 11) is 0. The molecular weight excluding hydrogens is 324 g/mol. The molecule has 2 rings (SSSR count). The van der Waals surface area contributed by atoms with Crippen LogP contribution in [0.15, 0.2) is 40.9 Å². The Morgan fingerprint density at radius 1 is 1.25 bits per heavy atom. The largest absolute Gasteiger partial charge is 0.456 e. The number of aryl methyl sites for hydroxylation is 1. The number of nitro groups is 1. The summed E-state index contributed by atoms with van der Waals surface area (Å²) in [6.07, 6.45) is 0. The van der Waals surface area contributed by atoms with Gasteiger partial charge in [0.05, 0.1) is 15.5 Å². The highest BCUT2D eigenvalue weighted by Gasteiger charge is 2.12. The summed E-state index contributed by atoms with van der Waals surface area (Å²) < 4.78 is 6.40. The Kier molecular flexibility index (Phi) is 4.36. The van der Waals surface area contributed by atoms with Crippen molar-refractivity contribution in [2.75, 3.05) is 0 Å². The minimum absolute atomic E-state index is 0.0144. The van der Waals surface area contributed by atoms with E-state index in [1.165, 1.54) is 12.1 Å². The summed E-state index contributed by atoms with van der Waals surface area (Å²) in [5.41, 5.74) is 7.49. The molecule has 0 fully saturated rings. The van der Waals surface area contributed by atoms with Gasteiger partial charge in [-0.1, -0.05) is 12.1 Å². The lowest BCUT2D eigenvalue weighted by atomic mass is 10.1. The molecule has 0 aromatic heterocycles. The summed E-state index contributed by atoms with van der Waals surface area (Å²) in [6, 6.07) is 10.0. The Labute approximate surface area is 124 Å². The second kappa shape index (κ2) is 6.02. The molecular formula is C14H13BrN2O3. The molecule has 0 atom stereocenters. The number of benzene rings is 2. The Bertz CT molecular complexity index is 659. The van der Waals surface area contributed by atoms with E-state index in [9.17, 15) is 10.1 Å². The van der Waals surface area contributed by atoms with E-state index in [-0.39, 0.29) is 5.69 Å². The van der Waals surface area contributed by atoms with Crippen LogP contribution < -0.4 is 10.5 Å². The van der Waals surface area contributed by atoms with Crippen LogP contribution >= 0.6 is 15.9 Å². The number of hydrogen-bond donors (Lipinski definition) is 1. The maximum atomic E-state index is 10.8. The smallest absolute Gasteiger partial charge is 0.273 e. The first-order chi connectivity index (χ1) is 9.51. The molecule has 0 amide bonds. The van der Waals surface area contributed by atoms with E-state index >= 15 is 0 Å². The van der Waals surface area contributed by atoms with Gasteiger partial charge in [0.15, 0.2) is 0 Å². The van der Waals surface area contributed by atoms with E-state index in [1.54, 1.807) is 6.07 Å². The summed E-state index contributed by atoms with van der Waals surface area (Å²) in [6.45, 7) is 2.36. The zero-order chi connectivity index (χ0) is 14.7. The van der Waals surface area contributed by atoms with Crippen LogP contribution in [0.3, 0.4) is 0 Å². The van der Waals surface area contributed by atoms with Crippen LogP contribution in [0.4, 0.5) is 5.69 Å². The summed E-state index contributed by atoms with van der Waals surface area (Å²) in [5.74, 6) is 1.05. The summed E-state index contributed by atoms with van der Waals surface area (Å²) >= 11 is 3.32. The zero-order valence-electron chi connectivity index (χ0n) is 10.8. The molecule has 2 aromatic carbocycles. The van der Waals surface area contributed by atoms with E-state index in [2.05, 4.69) is 15.9 Å². The number of rotatable bonds is 4. The van der Waals surface area contributed by atoms with Gasteiger partial charge < -0.3 is 10.5 Å². The van der Waals surface area contributed by atoms with Gasteiger partial charge in [0, 0.05) is 12.6 Å². The lowest BCUT2D eigenvalue weighted by molar-refractivity contribution is -0.384. The van der Waals surface area contributed by atoms with Crippen molar-refractivity contribution in [3.05, 3.63) is 62.1 Å². The highest BCUT2D eigenvalue weighted by molar-refractivity contribution is 9.10. The quantitative estimate of drug-likeness (QED) is 0.677. The average Bonchev–Trinajstić information content (AvgIpc) is 2.42. The Morgan fingerprint density at radius 3 is 2.60 bits per heavy atom. The highest BCUT2D eigenvalue weighted by Crippen LogP contribution is 2.34. The molecule has 20 heavy (non-hydrogen) atoms. The molecule has 0 radical (unpaired) electrons. The molecule has 2 aromatic rings. The number of nitrogens with zero attached hydrogens (tertiary/aromatic N) is 1. The molecule has 0 saturated carbocycles. The molecule has 0 aliphatic carbocycles. The third-order valence-corrected chi connectivity index (χ3v) is 3.48. The second-order valence-electron chi connectivity index (χ2n) is 4.28. The predicted octanol–water partition coefficient (Wildman–Crippen LogP) is 3.92. The Balaban J connectivity index is 2.34. The first kappa shape index (κ1) is 14.5. The minimum Gasteiger partial charge on any atom is -0.456 e. The third kappa shape index (κ3) is 3.15. The second-order valence-corrected chi connectivity index (χ2v) is 5.13. The molecule has 0 aliphatic heterocycles. The van der Waals surface area contributed by atoms with Crippen molar-refractivity contribution in [2.45, 2.75) is 13.5 Å². The SMILES string of the molecule is Cc1cc(CN)ccc1Oc1cc([N+](=O)[O-])ccc1Br. The van der Waals surface area contributed by atoms with Gasteiger partial charge in [-0.25, -0.2) is 0 Å². The standard InChI is InChI=1S/C14H13BrN2O3/c1-9-6-10(8-16)2-5-13(9)20-14-7-11(17(18)19)3-4-12(14)15/h2-7H,8,16H2,1H3. The molecule has 104 valence electrons. The van der Waals surface area contributed by atoms with Crippen LogP contribution in [0.5, 0.6) is 11.5 Å². The zero-order valence-corrected chi connectivity index (χ0v) is 12.4. The fraction of sp³-hybridized carbons (Fsp3) is 0.143. The van der Waals surface area contributed by atoms with Crippen LogP contribution in [0.25, 0.3) is 0 Å². The number of halogens is 1. The molecule has 0 saturated heterocycles. The van der Waals surface area contributed by atoms with E-state index in [4.69, 9.17) is 10.5 Å². The predicted molar refractivity (Wildman–Crippen MR) is 79.9 cm³/mol.